The fourth-order valence-corrected chi connectivity index (χ4v) is 2.83. The first-order valence-electron chi connectivity index (χ1n) is 4.19. The molecule has 0 amide bonds. The Hall–Kier alpha value is 0.507. The standard InChI is InChI=1S/C8H19ClSi/c1-5-6-7-10(4,9)8(2)3/h8H,5-7H2,1-4H3. The van der Waals surface area contributed by atoms with Crippen molar-refractivity contribution in [2.75, 3.05) is 0 Å². The van der Waals surface area contributed by atoms with Crippen molar-refractivity contribution in [3.63, 3.8) is 0 Å². The van der Waals surface area contributed by atoms with Crippen LogP contribution in [-0.4, -0.2) is 7.38 Å². The van der Waals surface area contributed by atoms with Crippen molar-refractivity contribution in [2.24, 2.45) is 0 Å². The fourth-order valence-electron chi connectivity index (χ4n) is 0.811. The van der Waals surface area contributed by atoms with Gasteiger partial charge in [0.1, 0.15) is 0 Å². The van der Waals surface area contributed by atoms with Crippen LogP contribution in [0.15, 0.2) is 0 Å². The molecule has 10 heavy (non-hydrogen) atoms. The average Bonchev–Trinajstić information content (AvgIpc) is 1.84. The van der Waals surface area contributed by atoms with Gasteiger partial charge < -0.3 is 0 Å². The van der Waals surface area contributed by atoms with Crippen molar-refractivity contribution in [3.8, 4) is 0 Å². The zero-order valence-electron chi connectivity index (χ0n) is 7.58. The summed E-state index contributed by atoms with van der Waals surface area (Å²) in [6, 6.07) is 1.28. The van der Waals surface area contributed by atoms with E-state index in [1.807, 2.05) is 0 Å². The van der Waals surface area contributed by atoms with Crippen LogP contribution in [-0.2, 0) is 0 Å². The maximum absolute atomic E-state index is 6.39. The minimum Gasteiger partial charge on any atom is -0.167 e. The molecular weight excluding hydrogens is 160 g/mol. The molecule has 0 fully saturated rings. The molecule has 0 bridgehead atoms. The van der Waals surface area contributed by atoms with E-state index >= 15 is 0 Å². The SMILES string of the molecule is CCCC[Si](C)(Cl)C(C)C. The number of rotatable bonds is 4. The lowest BCUT2D eigenvalue weighted by Crippen LogP contribution is -2.25. The highest BCUT2D eigenvalue weighted by molar-refractivity contribution is 7.20. The van der Waals surface area contributed by atoms with E-state index in [1.165, 1.54) is 18.9 Å². The Morgan fingerprint density at radius 2 is 1.90 bits per heavy atom. The quantitative estimate of drug-likeness (QED) is 0.451. The molecule has 0 aromatic carbocycles. The van der Waals surface area contributed by atoms with Gasteiger partial charge >= 0.3 is 0 Å². The van der Waals surface area contributed by atoms with E-state index in [9.17, 15) is 0 Å². The molecule has 0 radical (unpaired) electrons. The van der Waals surface area contributed by atoms with Crippen LogP contribution >= 0.6 is 11.1 Å². The van der Waals surface area contributed by atoms with E-state index in [4.69, 9.17) is 11.1 Å². The molecular formula is C8H19ClSi. The molecule has 62 valence electrons. The third-order valence-corrected chi connectivity index (χ3v) is 7.84. The smallest absolute Gasteiger partial charge is 0.156 e. The van der Waals surface area contributed by atoms with E-state index in [0.29, 0.717) is 0 Å². The van der Waals surface area contributed by atoms with E-state index in [-0.39, 0.29) is 0 Å². The topological polar surface area (TPSA) is 0 Å². The Bertz CT molecular complexity index is 89.3. The number of halogens is 1. The van der Waals surface area contributed by atoms with Crippen molar-refractivity contribution >= 4 is 18.5 Å². The summed E-state index contributed by atoms with van der Waals surface area (Å²) in [6.07, 6.45) is 2.59. The van der Waals surface area contributed by atoms with Crippen LogP contribution in [0.3, 0.4) is 0 Å². The van der Waals surface area contributed by atoms with Gasteiger partial charge in [0.25, 0.3) is 0 Å². The summed E-state index contributed by atoms with van der Waals surface area (Å²) in [5.74, 6) is 0. The van der Waals surface area contributed by atoms with Gasteiger partial charge in [-0.25, -0.2) is 0 Å². The van der Waals surface area contributed by atoms with Crippen molar-refractivity contribution in [3.05, 3.63) is 0 Å². The highest BCUT2D eigenvalue weighted by Crippen LogP contribution is 2.30. The molecule has 0 aromatic rings. The highest BCUT2D eigenvalue weighted by Gasteiger charge is 2.27. The fraction of sp³-hybridized carbons (Fsp3) is 1.00. The van der Waals surface area contributed by atoms with Crippen LogP contribution < -0.4 is 0 Å². The van der Waals surface area contributed by atoms with Crippen molar-refractivity contribution in [1.29, 1.82) is 0 Å². The average molecular weight is 179 g/mol. The summed E-state index contributed by atoms with van der Waals surface area (Å²) in [5.41, 5.74) is 0.723. The monoisotopic (exact) mass is 178 g/mol. The molecule has 0 saturated carbocycles. The minimum atomic E-state index is -1.33. The summed E-state index contributed by atoms with van der Waals surface area (Å²) in [7, 11) is -1.33. The molecule has 1 unspecified atom stereocenters. The molecule has 0 aliphatic carbocycles. The van der Waals surface area contributed by atoms with Gasteiger partial charge in [-0.15, -0.1) is 0 Å². The molecule has 0 N–H and O–H groups in total. The van der Waals surface area contributed by atoms with Crippen molar-refractivity contribution in [1.82, 2.24) is 0 Å². The molecule has 0 spiro atoms. The van der Waals surface area contributed by atoms with Crippen LogP contribution in [0.4, 0.5) is 0 Å². The lowest BCUT2D eigenvalue weighted by Gasteiger charge is -2.23. The molecule has 0 rings (SSSR count). The summed E-state index contributed by atoms with van der Waals surface area (Å²) < 4.78 is 0. The van der Waals surface area contributed by atoms with Gasteiger partial charge in [-0.2, -0.15) is 11.1 Å². The van der Waals surface area contributed by atoms with E-state index in [0.717, 1.165) is 5.54 Å². The number of unbranched alkanes of at least 4 members (excludes halogenated alkanes) is 1. The van der Waals surface area contributed by atoms with Gasteiger partial charge in [0.15, 0.2) is 7.38 Å². The third-order valence-electron chi connectivity index (χ3n) is 2.22. The summed E-state index contributed by atoms with van der Waals surface area (Å²) >= 11 is 6.39. The molecule has 0 nitrogen and oxygen atoms in total. The zero-order valence-corrected chi connectivity index (χ0v) is 9.33. The van der Waals surface area contributed by atoms with E-state index in [2.05, 4.69) is 27.3 Å². The predicted octanol–water partition coefficient (Wildman–Crippen LogP) is 4.01. The third kappa shape index (κ3) is 3.62. The molecule has 0 heterocycles. The van der Waals surface area contributed by atoms with Crippen LogP contribution in [0.25, 0.3) is 0 Å². The first-order valence-corrected chi connectivity index (χ1v) is 7.99. The lowest BCUT2D eigenvalue weighted by atomic mass is 10.4. The van der Waals surface area contributed by atoms with Gasteiger partial charge in [-0.05, 0) is 11.6 Å². The van der Waals surface area contributed by atoms with Crippen LogP contribution in [0, 0.1) is 0 Å². The number of hydrogen-bond acceptors (Lipinski definition) is 0. The Labute approximate surface area is 70.7 Å². The van der Waals surface area contributed by atoms with Crippen molar-refractivity contribution in [2.45, 2.75) is 51.7 Å². The van der Waals surface area contributed by atoms with Gasteiger partial charge in [0.2, 0.25) is 0 Å². The zero-order chi connectivity index (χ0) is 8.20. The Morgan fingerprint density at radius 1 is 1.40 bits per heavy atom. The Balaban J connectivity index is 3.63. The van der Waals surface area contributed by atoms with Crippen molar-refractivity contribution < 1.29 is 0 Å². The van der Waals surface area contributed by atoms with Gasteiger partial charge in [0.05, 0.1) is 0 Å². The minimum absolute atomic E-state index is 0.723. The second kappa shape index (κ2) is 4.40. The van der Waals surface area contributed by atoms with Crippen LogP contribution in [0.2, 0.25) is 18.1 Å². The molecule has 0 aliphatic heterocycles. The molecule has 2 heteroatoms. The lowest BCUT2D eigenvalue weighted by molar-refractivity contribution is 0.855. The van der Waals surface area contributed by atoms with E-state index < -0.39 is 7.38 Å². The predicted molar refractivity (Wildman–Crippen MR) is 52.3 cm³/mol. The normalized spacial score (nSPS) is 17.4. The first-order chi connectivity index (χ1) is 4.50. The van der Waals surface area contributed by atoms with Gasteiger partial charge in [-0.1, -0.05) is 40.2 Å². The summed E-state index contributed by atoms with van der Waals surface area (Å²) in [6.45, 7) is 8.99. The highest BCUT2D eigenvalue weighted by atomic mass is 35.6. The largest absolute Gasteiger partial charge is 0.167 e. The maximum Gasteiger partial charge on any atom is 0.156 e. The first kappa shape index (κ1) is 10.5. The van der Waals surface area contributed by atoms with Gasteiger partial charge in [-0.3, -0.25) is 0 Å². The number of hydrogen-bond donors (Lipinski definition) is 0. The second-order valence-electron chi connectivity index (χ2n) is 3.54. The molecule has 0 aliphatic rings. The Kier molecular flexibility index (Phi) is 4.62. The molecule has 0 aromatic heterocycles. The summed E-state index contributed by atoms with van der Waals surface area (Å²) in [5, 5.41) is 0. The Morgan fingerprint density at radius 3 is 2.20 bits per heavy atom. The molecule has 0 saturated heterocycles. The van der Waals surface area contributed by atoms with Crippen LogP contribution in [0.5, 0.6) is 0 Å². The summed E-state index contributed by atoms with van der Waals surface area (Å²) in [4.78, 5) is 0. The molecule has 1 atom stereocenters. The van der Waals surface area contributed by atoms with E-state index in [1.54, 1.807) is 0 Å². The second-order valence-corrected chi connectivity index (χ2v) is 10.3. The van der Waals surface area contributed by atoms with Crippen LogP contribution in [0.1, 0.15) is 33.6 Å². The maximum atomic E-state index is 6.39. The van der Waals surface area contributed by atoms with Gasteiger partial charge in [0, 0.05) is 0 Å².